The van der Waals surface area contributed by atoms with Crippen LogP contribution in [0.5, 0.6) is 11.5 Å². The van der Waals surface area contributed by atoms with E-state index >= 15 is 0 Å². The van der Waals surface area contributed by atoms with Crippen LogP contribution in [-0.2, 0) is 9.47 Å². The molecule has 4 heterocycles. The molecular weight excluding hydrogens is 754 g/mol. The molecule has 57 heavy (non-hydrogen) atoms. The summed E-state index contributed by atoms with van der Waals surface area (Å²) in [5.41, 5.74) is 16.4. The van der Waals surface area contributed by atoms with E-state index in [1.54, 1.807) is 17.3 Å². The Morgan fingerprint density at radius 1 is 1.02 bits per heavy atom. The van der Waals surface area contributed by atoms with Crippen molar-refractivity contribution in [2.45, 2.75) is 49.6 Å². The third-order valence-corrected chi connectivity index (χ3v) is 13.1. The fourth-order valence-electron chi connectivity index (χ4n) is 8.62. The van der Waals surface area contributed by atoms with Gasteiger partial charge in [0.25, 0.3) is 0 Å². The Morgan fingerprint density at radius 3 is 2.65 bits per heavy atom. The van der Waals surface area contributed by atoms with Gasteiger partial charge in [-0.25, -0.2) is 4.98 Å². The highest BCUT2D eigenvalue weighted by Gasteiger charge is 2.41. The number of aromatic amines is 1. The molecule has 1 saturated carbocycles. The number of nitrogens with two attached hydrogens (primary N) is 1. The van der Waals surface area contributed by atoms with Crippen molar-refractivity contribution < 1.29 is 14.2 Å². The average molecular weight is 804 g/mol. The lowest BCUT2D eigenvalue weighted by molar-refractivity contribution is -0.0756. The first kappa shape index (κ1) is 37.9. The SMILES string of the molecule is C=C(NSc1ccc(NC2COCCO2)c(N)c1)c1ccc(N2CCN(CC3=C(c4ccc(Cl)cc4)CC4(CCC4)CC3)CC2)cc1Oc1cnc2[nH]ccc2c1. The van der Waals surface area contributed by atoms with Crippen molar-refractivity contribution in [3.8, 4) is 11.5 Å². The largest absolute Gasteiger partial charge is 0.455 e. The molecular formula is C45H50ClN7O3S. The summed E-state index contributed by atoms with van der Waals surface area (Å²) in [4.78, 5) is 13.8. The number of anilines is 3. The number of aromatic nitrogens is 2. The van der Waals surface area contributed by atoms with Gasteiger partial charge in [-0.2, -0.15) is 0 Å². The van der Waals surface area contributed by atoms with Crippen molar-refractivity contribution in [3.05, 3.63) is 113 Å². The molecule has 0 amide bonds. The summed E-state index contributed by atoms with van der Waals surface area (Å²) in [6.07, 6.45) is 11.3. The quantitative estimate of drug-likeness (QED) is 0.0719. The second kappa shape index (κ2) is 16.7. The minimum absolute atomic E-state index is 0.219. The van der Waals surface area contributed by atoms with E-state index in [4.69, 9.17) is 31.5 Å². The highest BCUT2D eigenvalue weighted by molar-refractivity contribution is 7.97. The van der Waals surface area contributed by atoms with Crippen molar-refractivity contribution in [2.75, 3.05) is 68.5 Å². The predicted octanol–water partition coefficient (Wildman–Crippen LogP) is 9.57. The van der Waals surface area contributed by atoms with Gasteiger partial charge in [0.1, 0.15) is 17.1 Å². The van der Waals surface area contributed by atoms with Gasteiger partial charge in [0.15, 0.2) is 6.23 Å². The van der Waals surface area contributed by atoms with Gasteiger partial charge in [-0.05, 0) is 115 Å². The number of nitrogens with zero attached hydrogens (tertiary/aromatic N) is 3. The predicted molar refractivity (Wildman–Crippen MR) is 233 cm³/mol. The molecule has 1 spiro atoms. The molecule has 1 atom stereocenters. The van der Waals surface area contributed by atoms with E-state index in [2.05, 4.69) is 66.7 Å². The maximum Gasteiger partial charge on any atom is 0.151 e. The van der Waals surface area contributed by atoms with Gasteiger partial charge in [0.2, 0.25) is 0 Å². The van der Waals surface area contributed by atoms with Gasteiger partial charge in [-0.15, -0.1) is 0 Å². The lowest BCUT2D eigenvalue weighted by Gasteiger charge is -2.47. The van der Waals surface area contributed by atoms with E-state index in [9.17, 15) is 0 Å². The first-order chi connectivity index (χ1) is 27.9. The van der Waals surface area contributed by atoms with E-state index in [0.29, 0.717) is 42.4 Å². The van der Waals surface area contributed by atoms with Crippen LogP contribution in [-0.4, -0.2) is 73.6 Å². The maximum absolute atomic E-state index is 6.62. The van der Waals surface area contributed by atoms with Crippen LogP contribution >= 0.6 is 23.5 Å². The third-order valence-electron chi connectivity index (χ3n) is 12.0. The van der Waals surface area contributed by atoms with Crippen LogP contribution in [0.25, 0.3) is 22.3 Å². The molecule has 0 bridgehead atoms. The molecule has 2 aliphatic carbocycles. The number of hydrogen-bond donors (Lipinski definition) is 4. The van der Waals surface area contributed by atoms with Gasteiger partial charge in [-0.1, -0.05) is 42.3 Å². The van der Waals surface area contributed by atoms with Crippen LogP contribution in [0.1, 0.15) is 49.7 Å². The summed E-state index contributed by atoms with van der Waals surface area (Å²) < 4.78 is 21.3. The number of allylic oxidation sites excluding steroid dienone is 1. The summed E-state index contributed by atoms with van der Waals surface area (Å²) in [6, 6.07) is 24.9. The van der Waals surface area contributed by atoms with Crippen molar-refractivity contribution in [1.82, 2.24) is 19.6 Å². The number of ether oxygens (including phenoxy) is 3. The number of halogens is 1. The first-order valence-corrected chi connectivity index (χ1v) is 21.2. The second-order valence-corrected chi connectivity index (χ2v) is 17.1. The normalized spacial score (nSPS) is 19.7. The number of rotatable bonds is 12. The van der Waals surface area contributed by atoms with Crippen molar-refractivity contribution in [2.24, 2.45) is 5.41 Å². The zero-order chi connectivity index (χ0) is 38.8. The van der Waals surface area contributed by atoms with Gasteiger partial charge in [0.05, 0.1) is 37.4 Å². The number of nitrogen functional groups attached to an aromatic ring is 1. The summed E-state index contributed by atoms with van der Waals surface area (Å²) in [7, 11) is 0. The molecule has 0 radical (unpaired) electrons. The van der Waals surface area contributed by atoms with Crippen LogP contribution in [0.2, 0.25) is 5.02 Å². The van der Waals surface area contributed by atoms with Crippen LogP contribution < -0.4 is 25.4 Å². The summed E-state index contributed by atoms with van der Waals surface area (Å²) in [5.74, 6) is 1.37. The molecule has 5 N–H and O–H groups in total. The smallest absolute Gasteiger partial charge is 0.151 e. The number of nitrogens with one attached hydrogen (secondary N) is 3. The first-order valence-electron chi connectivity index (χ1n) is 20.0. The van der Waals surface area contributed by atoms with E-state index in [0.717, 1.165) is 76.3 Å². The Hall–Kier alpha value is -4.65. The van der Waals surface area contributed by atoms with Crippen LogP contribution in [0.3, 0.4) is 0 Å². The molecule has 2 aromatic heterocycles. The molecule has 10 nitrogen and oxygen atoms in total. The molecule has 5 aromatic rings. The molecule has 3 aromatic carbocycles. The molecule has 2 saturated heterocycles. The maximum atomic E-state index is 6.62. The number of pyridine rings is 1. The molecule has 296 valence electrons. The topological polar surface area (TPSA) is 113 Å². The van der Waals surface area contributed by atoms with Gasteiger partial charge < -0.3 is 39.9 Å². The Kier molecular flexibility index (Phi) is 11.1. The zero-order valence-electron chi connectivity index (χ0n) is 32.2. The van der Waals surface area contributed by atoms with E-state index < -0.39 is 0 Å². The van der Waals surface area contributed by atoms with Crippen molar-refractivity contribution >= 4 is 62.9 Å². The molecule has 3 fully saturated rings. The van der Waals surface area contributed by atoms with E-state index in [1.807, 2.05) is 48.7 Å². The zero-order valence-corrected chi connectivity index (χ0v) is 33.8. The molecule has 2 aliphatic heterocycles. The molecule has 12 heteroatoms. The van der Waals surface area contributed by atoms with Crippen molar-refractivity contribution in [3.63, 3.8) is 0 Å². The van der Waals surface area contributed by atoms with Crippen LogP contribution in [0, 0.1) is 5.41 Å². The van der Waals surface area contributed by atoms with Crippen molar-refractivity contribution in [1.29, 1.82) is 0 Å². The number of H-pyrrole nitrogens is 1. The number of piperazine rings is 1. The molecule has 9 rings (SSSR count). The minimum atomic E-state index is -0.219. The standard InChI is InChI=1S/C45H50ClN7O3S/c1-30(51-57-37-8-10-41(40(47)25-37)50-43-29-54-21-22-55-43)38-9-7-35(24-42(38)56-36-23-32-12-16-48-44(32)49-27-36)53-19-17-52(18-20-53)28-33-11-15-45(13-2-14-45)26-39(33)31-3-5-34(46)6-4-31/h3-10,12,16,23-25,27,43,50-51H,1-2,11,13-15,17-22,26,28-29,47H2,(H,48,49). The Bertz CT molecular complexity index is 2260. The number of benzene rings is 3. The highest BCUT2D eigenvalue weighted by atomic mass is 35.5. The summed E-state index contributed by atoms with van der Waals surface area (Å²) in [6.45, 7) is 11.0. The Balaban J connectivity index is 0.892. The lowest BCUT2D eigenvalue weighted by atomic mass is 9.59. The fourth-order valence-corrected chi connectivity index (χ4v) is 9.42. The average Bonchev–Trinajstić information content (AvgIpc) is 3.70. The molecule has 4 aliphatic rings. The molecule has 1 unspecified atom stereocenters. The second-order valence-electron chi connectivity index (χ2n) is 15.8. The lowest BCUT2D eigenvalue weighted by Crippen LogP contribution is -2.47. The number of hydrogen-bond acceptors (Lipinski definition) is 10. The summed E-state index contributed by atoms with van der Waals surface area (Å²) >= 11 is 7.75. The van der Waals surface area contributed by atoms with Crippen LogP contribution in [0.15, 0.2) is 102 Å². The summed E-state index contributed by atoms with van der Waals surface area (Å²) in [5, 5.41) is 5.11. The third kappa shape index (κ3) is 8.63. The van der Waals surface area contributed by atoms with E-state index in [1.165, 1.54) is 56.0 Å². The Labute approximate surface area is 343 Å². The minimum Gasteiger partial charge on any atom is -0.455 e. The van der Waals surface area contributed by atoms with Gasteiger partial charge in [-0.3, -0.25) is 4.90 Å². The van der Waals surface area contributed by atoms with Gasteiger partial charge >= 0.3 is 0 Å². The van der Waals surface area contributed by atoms with E-state index in [-0.39, 0.29) is 6.23 Å². The van der Waals surface area contributed by atoms with Crippen LogP contribution in [0.4, 0.5) is 17.1 Å². The van der Waals surface area contributed by atoms with Gasteiger partial charge in [0, 0.05) is 77.2 Å². The highest BCUT2D eigenvalue weighted by Crippen LogP contribution is 2.55. The number of fused-ring (bicyclic) bond motifs is 1. The monoisotopic (exact) mass is 803 g/mol. The Morgan fingerprint density at radius 2 is 1.88 bits per heavy atom. The fraction of sp³-hybridized carbons (Fsp3) is 0.356.